The number of esters is 1. The SMILES string of the molecule is CCc1ccc(C(=O)COC(=O)c2nn(-c3ccccc3)c(=O)c3ccccc23)cc1. The number of rotatable bonds is 6. The molecule has 0 radical (unpaired) electrons. The molecule has 0 aliphatic rings. The summed E-state index contributed by atoms with van der Waals surface area (Å²) in [6.07, 6.45) is 0.874. The third-order valence-electron chi connectivity index (χ3n) is 5.02. The van der Waals surface area contributed by atoms with E-state index in [1.165, 1.54) is 4.68 Å². The van der Waals surface area contributed by atoms with Crippen LogP contribution in [-0.2, 0) is 11.2 Å². The van der Waals surface area contributed by atoms with Gasteiger partial charge in [-0.3, -0.25) is 9.59 Å². The molecule has 6 nitrogen and oxygen atoms in total. The highest BCUT2D eigenvalue weighted by Crippen LogP contribution is 2.16. The zero-order valence-corrected chi connectivity index (χ0v) is 16.9. The van der Waals surface area contributed by atoms with Crippen molar-refractivity contribution >= 4 is 22.5 Å². The van der Waals surface area contributed by atoms with Crippen LogP contribution in [0.25, 0.3) is 16.5 Å². The Bertz CT molecular complexity index is 1310. The number of nitrogens with zero attached hydrogens (tertiary/aromatic N) is 2. The van der Waals surface area contributed by atoms with Crippen molar-refractivity contribution in [1.29, 1.82) is 0 Å². The Morgan fingerprint density at radius 2 is 1.52 bits per heavy atom. The molecule has 4 rings (SSSR count). The lowest BCUT2D eigenvalue weighted by Gasteiger charge is -2.11. The maximum absolute atomic E-state index is 12.9. The highest BCUT2D eigenvalue weighted by molar-refractivity contribution is 6.04. The number of para-hydroxylation sites is 1. The Morgan fingerprint density at radius 3 is 2.19 bits per heavy atom. The molecule has 3 aromatic carbocycles. The fourth-order valence-electron chi connectivity index (χ4n) is 3.29. The van der Waals surface area contributed by atoms with Crippen molar-refractivity contribution in [3.05, 3.63) is 106 Å². The van der Waals surface area contributed by atoms with Gasteiger partial charge in [-0.25, -0.2) is 4.79 Å². The fourth-order valence-corrected chi connectivity index (χ4v) is 3.29. The first kappa shape index (κ1) is 20.2. The van der Waals surface area contributed by atoms with Crippen molar-refractivity contribution in [3.8, 4) is 5.69 Å². The molecule has 0 aliphatic carbocycles. The molecule has 0 spiro atoms. The van der Waals surface area contributed by atoms with Crippen LogP contribution in [0.5, 0.6) is 0 Å². The summed E-state index contributed by atoms with van der Waals surface area (Å²) in [5.74, 6) is -1.07. The maximum atomic E-state index is 12.9. The maximum Gasteiger partial charge on any atom is 0.359 e. The van der Waals surface area contributed by atoms with Crippen LogP contribution in [0.3, 0.4) is 0 Å². The van der Waals surface area contributed by atoms with E-state index in [4.69, 9.17) is 4.74 Å². The number of hydrogen-bond acceptors (Lipinski definition) is 5. The topological polar surface area (TPSA) is 78.3 Å². The van der Waals surface area contributed by atoms with Gasteiger partial charge in [0, 0.05) is 10.9 Å². The summed E-state index contributed by atoms with van der Waals surface area (Å²) in [4.78, 5) is 38.2. The van der Waals surface area contributed by atoms with E-state index in [1.54, 1.807) is 60.7 Å². The second-order valence-corrected chi connectivity index (χ2v) is 7.00. The second-order valence-electron chi connectivity index (χ2n) is 7.00. The Balaban J connectivity index is 1.65. The van der Waals surface area contributed by atoms with Crippen molar-refractivity contribution in [2.24, 2.45) is 0 Å². The van der Waals surface area contributed by atoms with Crippen LogP contribution in [0.15, 0.2) is 83.7 Å². The lowest BCUT2D eigenvalue weighted by molar-refractivity contribution is 0.0469. The second kappa shape index (κ2) is 8.75. The zero-order valence-electron chi connectivity index (χ0n) is 16.9. The summed E-state index contributed by atoms with van der Waals surface area (Å²) in [5.41, 5.74) is 1.75. The minimum absolute atomic E-state index is 0.0202. The summed E-state index contributed by atoms with van der Waals surface area (Å²) in [7, 11) is 0. The molecule has 0 aliphatic heterocycles. The van der Waals surface area contributed by atoms with Crippen molar-refractivity contribution in [2.75, 3.05) is 6.61 Å². The van der Waals surface area contributed by atoms with Gasteiger partial charge >= 0.3 is 5.97 Å². The van der Waals surface area contributed by atoms with Crippen molar-refractivity contribution in [3.63, 3.8) is 0 Å². The van der Waals surface area contributed by atoms with Gasteiger partial charge in [0.2, 0.25) is 0 Å². The number of ether oxygens (including phenoxy) is 1. The van der Waals surface area contributed by atoms with E-state index in [1.807, 2.05) is 25.1 Å². The molecule has 31 heavy (non-hydrogen) atoms. The van der Waals surface area contributed by atoms with Crippen LogP contribution in [0, 0.1) is 0 Å². The molecular formula is C25H20N2O4. The van der Waals surface area contributed by atoms with E-state index in [2.05, 4.69) is 5.10 Å². The molecule has 154 valence electrons. The predicted octanol–water partition coefficient (Wildman–Crippen LogP) is 3.99. The summed E-state index contributed by atoms with van der Waals surface area (Å²) in [6.45, 7) is 1.62. The molecular weight excluding hydrogens is 392 g/mol. The molecule has 4 aromatic rings. The van der Waals surface area contributed by atoms with Gasteiger partial charge in [0.25, 0.3) is 5.56 Å². The van der Waals surface area contributed by atoms with Crippen LogP contribution < -0.4 is 5.56 Å². The summed E-state index contributed by atoms with van der Waals surface area (Å²) < 4.78 is 6.44. The molecule has 0 N–H and O–H groups in total. The van der Waals surface area contributed by atoms with E-state index in [0.29, 0.717) is 22.0 Å². The average molecular weight is 412 g/mol. The number of carbonyl (C=O) groups excluding carboxylic acids is 2. The lowest BCUT2D eigenvalue weighted by Crippen LogP contribution is -2.25. The molecule has 0 atom stereocenters. The third kappa shape index (κ3) is 4.14. The van der Waals surface area contributed by atoms with E-state index < -0.39 is 12.6 Å². The lowest BCUT2D eigenvalue weighted by atomic mass is 10.1. The molecule has 0 saturated carbocycles. The van der Waals surface area contributed by atoms with Crippen LogP contribution in [-0.4, -0.2) is 28.1 Å². The highest BCUT2D eigenvalue weighted by atomic mass is 16.5. The molecule has 1 heterocycles. The van der Waals surface area contributed by atoms with Gasteiger partial charge in [-0.1, -0.05) is 67.6 Å². The smallest absolute Gasteiger partial charge is 0.359 e. The van der Waals surface area contributed by atoms with E-state index in [0.717, 1.165) is 12.0 Å². The van der Waals surface area contributed by atoms with Gasteiger partial charge in [-0.2, -0.15) is 9.78 Å². The molecule has 0 bridgehead atoms. The van der Waals surface area contributed by atoms with Crippen molar-refractivity contribution in [2.45, 2.75) is 13.3 Å². The van der Waals surface area contributed by atoms with E-state index in [9.17, 15) is 14.4 Å². The van der Waals surface area contributed by atoms with Gasteiger partial charge in [-0.15, -0.1) is 0 Å². The first-order valence-electron chi connectivity index (χ1n) is 9.95. The monoisotopic (exact) mass is 412 g/mol. The number of aromatic nitrogens is 2. The summed E-state index contributed by atoms with van der Waals surface area (Å²) in [6, 6.07) is 22.7. The first-order valence-corrected chi connectivity index (χ1v) is 9.95. The van der Waals surface area contributed by atoms with Crippen LogP contribution in [0.2, 0.25) is 0 Å². The number of fused-ring (bicyclic) bond motifs is 1. The van der Waals surface area contributed by atoms with E-state index >= 15 is 0 Å². The number of aryl methyl sites for hydroxylation is 1. The summed E-state index contributed by atoms with van der Waals surface area (Å²) >= 11 is 0. The molecule has 1 aromatic heterocycles. The number of carbonyl (C=O) groups is 2. The first-order chi connectivity index (χ1) is 15.1. The van der Waals surface area contributed by atoms with E-state index in [-0.39, 0.29) is 17.0 Å². The van der Waals surface area contributed by atoms with Crippen molar-refractivity contribution < 1.29 is 14.3 Å². The normalized spacial score (nSPS) is 10.7. The van der Waals surface area contributed by atoms with Crippen molar-refractivity contribution in [1.82, 2.24) is 9.78 Å². The quantitative estimate of drug-likeness (QED) is 0.353. The predicted molar refractivity (Wildman–Crippen MR) is 118 cm³/mol. The van der Waals surface area contributed by atoms with Gasteiger partial charge in [0.1, 0.15) is 0 Å². The number of ketones is 1. The average Bonchev–Trinajstić information content (AvgIpc) is 2.83. The Morgan fingerprint density at radius 1 is 0.871 bits per heavy atom. The summed E-state index contributed by atoms with van der Waals surface area (Å²) in [5, 5.41) is 4.98. The molecule has 0 unspecified atom stereocenters. The number of benzene rings is 3. The van der Waals surface area contributed by atoms with Gasteiger partial charge in [-0.05, 0) is 30.2 Å². The molecule has 6 heteroatoms. The Labute approximate surface area is 178 Å². The van der Waals surface area contributed by atoms with Crippen LogP contribution in [0.4, 0.5) is 0 Å². The molecule has 0 amide bonds. The molecule has 0 saturated heterocycles. The third-order valence-corrected chi connectivity index (χ3v) is 5.02. The van der Waals surface area contributed by atoms with Crippen LogP contribution >= 0.6 is 0 Å². The largest absolute Gasteiger partial charge is 0.452 e. The van der Waals surface area contributed by atoms with Gasteiger partial charge in [0.05, 0.1) is 11.1 Å². The Hall–Kier alpha value is -4.06. The minimum atomic E-state index is -0.764. The highest BCUT2D eigenvalue weighted by Gasteiger charge is 2.20. The minimum Gasteiger partial charge on any atom is -0.452 e. The molecule has 0 fully saturated rings. The Kier molecular flexibility index (Phi) is 5.71. The van der Waals surface area contributed by atoms with Crippen LogP contribution in [0.1, 0.15) is 33.3 Å². The number of hydrogen-bond donors (Lipinski definition) is 0. The van der Waals surface area contributed by atoms with Gasteiger partial charge < -0.3 is 4.74 Å². The fraction of sp³-hybridized carbons (Fsp3) is 0.120. The standard InChI is InChI=1S/C25H20N2O4/c1-2-17-12-14-18(15-13-17)22(28)16-31-25(30)23-20-10-6-7-11-21(20)24(29)27(26-23)19-8-4-3-5-9-19/h3-15H,2,16H2,1H3. The number of Topliss-reactive ketones (excluding diaryl/α,β-unsaturated/α-hetero) is 1. The zero-order chi connectivity index (χ0) is 21.8. The van der Waals surface area contributed by atoms with Gasteiger partial charge in [0.15, 0.2) is 18.1 Å².